The van der Waals surface area contributed by atoms with E-state index in [1.165, 1.54) is 11.0 Å². The molecule has 0 atom stereocenters. The highest BCUT2D eigenvalue weighted by Gasteiger charge is 2.33. The van der Waals surface area contributed by atoms with Gasteiger partial charge in [0.05, 0.1) is 25.5 Å². The van der Waals surface area contributed by atoms with E-state index in [1.807, 2.05) is 22.6 Å². The molecule has 1 heterocycles. The summed E-state index contributed by atoms with van der Waals surface area (Å²) in [4.78, 5) is 9.15. The third kappa shape index (κ3) is 4.19. The first-order valence-electron chi connectivity index (χ1n) is 6.49. The highest BCUT2D eigenvalue weighted by Crippen LogP contribution is 2.41. The van der Waals surface area contributed by atoms with E-state index >= 15 is 0 Å². The summed E-state index contributed by atoms with van der Waals surface area (Å²) in [7, 11) is 3.48. The third-order valence-corrected chi connectivity index (χ3v) is 4.40. The first-order chi connectivity index (χ1) is 11.6. The number of alkyl halides is 3. The molecule has 0 saturated heterocycles. The van der Waals surface area contributed by atoms with Gasteiger partial charge in [-0.15, -0.1) is 4.68 Å². The van der Waals surface area contributed by atoms with Crippen molar-refractivity contribution in [2.75, 3.05) is 14.1 Å². The van der Waals surface area contributed by atoms with Crippen molar-refractivity contribution in [2.45, 2.75) is 6.18 Å². The van der Waals surface area contributed by atoms with Gasteiger partial charge in [-0.25, -0.2) is 4.99 Å². The van der Waals surface area contributed by atoms with E-state index in [2.05, 4.69) is 14.9 Å². The summed E-state index contributed by atoms with van der Waals surface area (Å²) in [5.74, 6) is 0.280. The van der Waals surface area contributed by atoms with Crippen molar-refractivity contribution in [2.24, 2.45) is 4.99 Å². The smallest absolute Gasteiger partial charge is 0.369 e. The Hall–Kier alpha value is -1.51. The van der Waals surface area contributed by atoms with Crippen molar-refractivity contribution < 1.29 is 13.2 Å². The fourth-order valence-corrected chi connectivity index (χ4v) is 3.06. The number of aromatic nitrogens is 2. The maximum Gasteiger partial charge on any atom is 0.416 e. The Morgan fingerprint density at radius 3 is 2.32 bits per heavy atom. The van der Waals surface area contributed by atoms with Crippen molar-refractivity contribution in [1.82, 2.24) is 14.7 Å². The van der Waals surface area contributed by atoms with Crippen LogP contribution in [0.25, 0.3) is 10.5 Å². The van der Waals surface area contributed by atoms with E-state index in [-0.39, 0.29) is 27.4 Å². The van der Waals surface area contributed by atoms with Gasteiger partial charge < -0.3 is 9.74 Å². The summed E-state index contributed by atoms with van der Waals surface area (Å²) in [6, 6.07) is 1.52. The van der Waals surface area contributed by atoms with E-state index in [1.54, 1.807) is 19.0 Å². The lowest BCUT2D eigenvalue weighted by molar-refractivity contribution is -0.137. The van der Waals surface area contributed by atoms with Gasteiger partial charge in [0.15, 0.2) is 5.82 Å². The van der Waals surface area contributed by atoms with E-state index in [0.29, 0.717) is 3.57 Å². The molecule has 0 aliphatic heterocycles. The van der Waals surface area contributed by atoms with Crippen LogP contribution in [-0.4, -0.2) is 35.1 Å². The van der Waals surface area contributed by atoms with E-state index in [9.17, 15) is 13.2 Å². The van der Waals surface area contributed by atoms with E-state index < -0.39 is 11.7 Å². The maximum atomic E-state index is 12.9. The number of hydrogen-bond acceptors (Lipinski definition) is 2. The SMILES string of the molecule is [C-]#[N+]c1nn(-c2c(Cl)cc(C(F)(F)F)cc2Cl)c(N=CN(C)C)c1I. The molecule has 0 spiro atoms. The molecule has 0 bridgehead atoms. The highest BCUT2D eigenvalue weighted by atomic mass is 127. The van der Waals surface area contributed by atoms with Crippen LogP contribution in [0.3, 0.4) is 0 Å². The van der Waals surface area contributed by atoms with Crippen molar-refractivity contribution in [1.29, 1.82) is 0 Å². The van der Waals surface area contributed by atoms with Crippen molar-refractivity contribution in [3.05, 3.63) is 42.7 Å². The molecule has 1 aromatic carbocycles. The molecule has 0 fully saturated rings. The van der Waals surface area contributed by atoms with Crippen LogP contribution >= 0.6 is 45.8 Å². The number of benzene rings is 1. The molecule has 0 N–H and O–H groups in total. The molecule has 25 heavy (non-hydrogen) atoms. The van der Waals surface area contributed by atoms with Crippen LogP contribution < -0.4 is 0 Å². The van der Waals surface area contributed by atoms with Gasteiger partial charge in [0, 0.05) is 14.1 Å². The van der Waals surface area contributed by atoms with Crippen LogP contribution in [0, 0.1) is 10.1 Å². The van der Waals surface area contributed by atoms with Gasteiger partial charge in [0.1, 0.15) is 5.69 Å². The molecule has 0 saturated carbocycles. The van der Waals surface area contributed by atoms with Crippen LogP contribution in [0.15, 0.2) is 17.1 Å². The maximum absolute atomic E-state index is 12.9. The summed E-state index contributed by atoms with van der Waals surface area (Å²) in [5, 5.41) is 3.56. The standard InChI is InChI=1S/C14H9Cl2F3IN5/c1-21-12-10(20)13(22-6-24(2)3)25(23-12)11-8(15)4-7(5-9(11)16)14(17,18)19/h4-6H,2-3H3. The molecule has 132 valence electrons. The van der Waals surface area contributed by atoms with Crippen molar-refractivity contribution in [3.8, 4) is 5.69 Å². The normalized spacial score (nSPS) is 11.8. The van der Waals surface area contributed by atoms with Crippen molar-refractivity contribution >= 4 is 63.8 Å². The molecule has 2 rings (SSSR count). The minimum atomic E-state index is -4.59. The minimum Gasteiger partial charge on any atom is -0.369 e. The molecular formula is C14H9Cl2F3IN5. The molecule has 2 aromatic rings. The zero-order valence-electron chi connectivity index (χ0n) is 12.7. The Labute approximate surface area is 165 Å². The molecule has 0 amide bonds. The first-order valence-corrected chi connectivity index (χ1v) is 8.33. The first kappa shape index (κ1) is 19.8. The summed E-state index contributed by atoms with van der Waals surface area (Å²) >= 11 is 13.9. The average molecular weight is 502 g/mol. The van der Waals surface area contributed by atoms with Gasteiger partial charge in [-0.3, -0.25) is 0 Å². The summed E-state index contributed by atoms with van der Waals surface area (Å²) in [5.41, 5.74) is -0.952. The number of rotatable bonds is 3. The molecule has 0 radical (unpaired) electrons. The zero-order valence-corrected chi connectivity index (χ0v) is 16.4. The second-order valence-electron chi connectivity index (χ2n) is 4.98. The van der Waals surface area contributed by atoms with Gasteiger partial charge >= 0.3 is 12.0 Å². The second-order valence-corrected chi connectivity index (χ2v) is 6.87. The molecule has 5 nitrogen and oxygen atoms in total. The van der Waals surface area contributed by atoms with E-state index in [0.717, 1.165) is 12.1 Å². The quantitative estimate of drug-likeness (QED) is 0.238. The summed E-state index contributed by atoms with van der Waals surface area (Å²) < 4.78 is 40.2. The summed E-state index contributed by atoms with van der Waals surface area (Å²) in [6.45, 7) is 7.16. The van der Waals surface area contributed by atoms with Crippen LogP contribution in [-0.2, 0) is 6.18 Å². The molecule has 11 heteroatoms. The molecular weight excluding hydrogens is 493 g/mol. The van der Waals surface area contributed by atoms with Gasteiger partial charge in [0.2, 0.25) is 0 Å². The zero-order chi connectivity index (χ0) is 18.9. The minimum absolute atomic E-state index is 0.0232. The average Bonchev–Trinajstić information content (AvgIpc) is 2.79. The van der Waals surface area contributed by atoms with Gasteiger partial charge in [0.25, 0.3) is 0 Å². The summed E-state index contributed by atoms with van der Waals surface area (Å²) in [6.07, 6.45) is -3.12. The third-order valence-electron chi connectivity index (χ3n) is 2.86. The largest absolute Gasteiger partial charge is 0.416 e. The fraction of sp³-hybridized carbons (Fsp3) is 0.214. The molecule has 0 aliphatic rings. The topological polar surface area (TPSA) is 37.8 Å². The van der Waals surface area contributed by atoms with Crippen LogP contribution in [0.1, 0.15) is 5.56 Å². The van der Waals surface area contributed by atoms with Gasteiger partial charge in [-0.05, 0) is 17.2 Å². The van der Waals surface area contributed by atoms with E-state index in [4.69, 9.17) is 29.8 Å². The lowest BCUT2D eigenvalue weighted by Gasteiger charge is -2.12. The Kier molecular flexibility index (Phi) is 5.86. The predicted molar refractivity (Wildman–Crippen MR) is 99.4 cm³/mol. The molecule has 0 unspecified atom stereocenters. The second kappa shape index (κ2) is 7.39. The van der Waals surface area contributed by atoms with Crippen LogP contribution in [0.4, 0.5) is 24.8 Å². The number of hydrogen-bond donors (Lipinski definition) is 0. The monoisotopic (exact) mass is 501 g/mol. The van der Waals surface area contributed by atoms with Crippen LogP contribution in [0.2, 0.25) is 10.0 Å². The highest BCUT2D eigenvalue weighted by molar-refractivity contribution is 14.1. The molecule has 0 aliphatic carbocycles. The lowest BCUT2D eigenvalue weighted by atomic mass is 10.2. The Morgan fingerprint density at radius 2 is 1.88 bits per heavy atom. The number of halogens is 6. The Balaban J connectivity index is 2.73. The predicted octanol–water partition coefficient (Wildman–Crippen LogP) is 5.57. The Bertz CT molecular complexity index is 861. The fourth-order valence-electron chi connectivity index (χ4n) is 1.82. The number of nitrogens with zero attached hydrogens (tertiary/aromatic N) is 5. The van der Waals surface area contributed by atoms with Gasteiger partial charge in [-0.1, -0.05) is 52.4 Å². The lowest BCUT2D eigenvalue weighted by Crippen LogP contribution is -2.09. The van der Waals surface area contributed by atoms with Gasteiger partial charge in [-0.2, -0.15) is 13.2 Å². The Morgan fingerprint density at radius 1 is 1.32 bits per heavy atom. The van der Waals surface area contributed by atoms with Crippen LogP contribution in [0.5, 0.6) is 0 Å². The molecule has 1 aromatic heterocycles. The van der Waals surface area contributed by atoms with Crippen molar-refractivity contribution in [3.63, 3.8) is 0 Å². The number of aliphatic imine (C=N–C) groups is 1.